The van der Waals surface area contributed by atoms with Crippen molar-refractivity contribution in [1.29, 1.82) is 0 Å². The van der Waals surface area contributed by atoms with Gasteiger partial charge in [-0.3, -0.25) is 9.59 Å². The van der Waals surface area contributed by atoms with Crippen LogP contribution in [0.25, 0.3) is 0 Å². The Balaban J connectivity index is -0.000000203. The summed E-state index contributed by atoms with van der Waals surface area (Å²) in [4.78, 5) is 19.8. The highest BCUT2D eigenvalue weighted by Gasteiger charge is 1.99. The maximum atomic E-state index is 10.1. The standard InChI is InChI=1S/C6H12O.C5H10O.C4H8O2/c1-5(2)6(3)7-4;1-4(2)5(3)6;1-3(2)4(5)6/h1-4H3;4H,1-3H3;3H,1-2H3,(H,5,6). The number of ketones is 1. The molecule has 114 valence electrons. The number of ether oxygens (including phenoxy) is 1. The molecule has 0 saturated carbocycles. The highest BCUT2D eigenvalue weighted by molar-refractivity contribution is 5.77. The first-order valence-electron chi connectivity index (χ1n) is 6.38. The fourth-order valence-electron chi connectivity index (χ4n) is 0.204. The topological polar surface area (TPSA) is 63.6 Å². The number of carboxylic acids is 1. The highest BCUT2D eigenvalue weighted by atomic mass is 16.5. The number of rotatable bonds is 3. The average Bonchev–Trinajstić information content (AvgIpc) is 2.29. The van der Waals surface area contributed by atoms with E-state index in [9.17, 15) is 9.59 Å². The van der Waals surface area contributed by atoms with Crippen LogP contribution >= 0.6 is 0 Å². The van der Waals surface area contributed by atoms with Crippen LogP contribution in [0, 0.1) is 11.8 Å². The van der Waals surface area contributed by atoms with Crippen molar-refractivity contribution in [3.8, 4) is 0 Å². The summed E-state index contributed by atoms with van der Waals surface area (Å²) in [6, 6.07) is 0. The largest absolute Gasteiger partial charge is 0.501 e. The summed E-state index contributed by atoms with van der Waals surface area (Å²) in [7, 11) is 1.68. The van der Waals surface area contributed by atoms with Crippen LogP contribution in [0.3, 0.4) is 0 Å². The van der Waals surface area contributed by atoms with E-state index in [0.29, 0.717) is 0 Å². The Morgan fingerprint density at radius 1 is 0.895 bits per heavy atom. The van der Waals surface area contributed by atoms with Crippen LogP contribution in [0.5, 0.6) is 0 Å². The molecule has 0 bridgehead atoms. The molecule has 0 radical (unpaired) electrons. The number of carbonyl (C=O) groups is 2. The van der Waals surface area contributed by atoms with Gasteiger partial charge in [0.05, 0.1) is 18.8 Å². The number of hydrogen-bond acceptors (Lipinski definition) is 3. The molecule has 19 heavy (non-hydrogen) atoms. The molecule has 0 aliphatic rings. The maximum absolute atomic E-state index is 10.1. The molecule has 0 aliphatic carbocycles. The van der Waals surface area contributed by atoms with E-state index in [1.54, 1.807) is 27.9 Å². The van der Waals surface area contributed by atoms with Crippen LogP contribution in [0.15, 0.2) is 11.3 Å². The number of aliphatic carboxylic acids is 1. The van der Waals surface area contributed by atoms with Crippen molar-refractivity contribution in [2.45, 2.75) is 55.4 Å². The molecule has 0 fully saturated rings. The van der Waals surface area contributed by atoms with Crippen LogP contribution in [0.2, 0.25) is 0 Å². The van der Waals surface area contributed by atoms with Crippen LogP contribution < -0.4 is 0 Å². The minimum absolute atomic E-state index is 0.213. The molecule has 0 amide bonds. The summed E-state index contributed by atoms with van der Waals surface area (Å²) in [5.74, 6) is 0.514. The summed E-state index contributed by atoms with van der Waals surface area (Å²) in [6.07, 6.45) is 0. The van der Waals surface area contributed by atoms with Crippen LogP contribution in [0.4, 0.5) is 0 Å². The van der Waals surface area contributed by atoms with Gasteiger partial charge in [-0.2, -0.15) is 0 Å². The molecule has 0 aromatic heterocycles. The number of carbonyl (C=O) groups excluding carboxylic acids is 1. The van der Waals surface area contributed by atoms with Gasteiger partial charge in [-0.25, -0.2) is 0 Å². The van der Waals surface area contributed by atoms with E-state index in [1.165, 1.54) is 5.57 Å². The zero-order chi connectivity index (χ0) is 16.2. The Kier molecular flexibility index (Phi) is 15.8. The predicted octanol–water partition coefficient (Wildman–Crippen LogP) is 3.91. The average molecular weight is 274 g/mol. The summed E-state index contributed by atoms with van der Waals surface area (Å²) in [6.45, 7) is 14.7. The second-order valence-electron chi connectivity index (χ2n) is 5.02. The Hall–Kier alpha value is -1.32. The minimum Gasteiger partial charge on any atom is -0.501 e. The third-order valence-electron chi connectivity index (χ3n) is 2.32. The lowest BCUT2D eigenvalue weighted by Crippen LogP contribution is -2.03. The third-order valence-corrected chi connectivity index (χ3v) is 2.32. The van der Waals surface area contributed by atoms with E-state index in [4.69, 9.17) is 9.84 Å². The molecule has 0 aliphatic heterocycles. The van der Waals surface area contributed by atoms with Gasteiger partial charge >= 0.3 is 5.97 Å². The van der Waals surface area contributed by atoms with Crippen molar-refractivity contribution in [3.05, 3.63) is 11.3 Å². The third kappa shape index (κ3) is 22.4. The number of allylic oxidation sites excluding steroid dienone is 2. The smallest absolute Gasteiger partial charge is 0.305 e. The molecular weight excluding hydrogens is 244 g/mol. The van der Waals surface area contributed by atoms with Crippen LogP contribution in [-0.2, 0) is 14.3 Å². The quantitative estimate of drug-likeness (QED) is 0.793. The number of Topliss-reactive ketones (excluding diaryl/α,β-unsaturated/α-hetero) is 1. The number of methoxy groups -OCH3 is 1. The van der Waals surface area contributed by atoms with E-state index in [-0.39, 0.29) is 17.6 Å². The van der Waals surface area contributed by atoms with E-state index in [1.807, 2.05) is 34.6 Å². The van der Waals surface area contributed by atoms with Crippen LogP contribution in [-0.4, -0.2) is 24.0 Å². The second-order valence-corrected chi connectivity index (χ2v) is 5.02. The Bertz CT molecular complexity index is 267. The van der Waals surface area contributed by atoms with E-state index >= 15 is 0 Å². The summed E-state index contributed by atoms with van der Waals surface area (Å²) >= 11 is 0. The van der Waals surface area contributed by atoms with Gasteiger partial charge in [0.1, 0.15) is 5.78 Å². The SMILES string of the molecule is CC(=O)C(C)C.CC(C)C(=O)O.COC(C)=C(C)C. The predicted molar refractivity (Wildman–Crippen MR) is 79.0 cm³/mol. The fraction of sp³-hybridized carbons (Fsp3) is 0.733. The van der Waals surface area contributed by atoms with Gasteiger partial charge in [-0.15, -0.1) is 0 Å². The molecule has 0 saturated heterocycles. The molecule has 0 heterocycles. The normalized spacial score (nSPS) is 8.79. The van der Waals surface area contributed by atoms with Crippen molar-refractivity contribution in [1.82, 2.24) is 0 Å². The van der Waals surface area contributed by atoms with E-state index in [2.05, 4.69) is 0 Å². The maximum Gasteiger partial charge on any atom is 0.305 e. The molecule has 0 rings (SSSR count). The zero-order valence-electron chi connectivity index (χ0n) is 13.8. The lowest BCUT2D eigenvalue weighted by atomic mass is 10.1. The summed E-state index contributed by atoms with van der Waals surface area (Å²) in [5, 5.41) is 7.99. The lowest BCUT2D eigenvalue weighted by Gasteiger charge is -1.98. The first-order valence-corrected chi connectivity index (χ1v) is 6.38. The fourth-order valence-corrected chi connectivity index (χ4v) is 0.204. The van der Waals surface area contributed by atoms with Gasteiger partial charge in [0.25, 0.3) is 0 Å². The van der Waals surface area contributed by atoms with Gasteiger partial charge < -0.3 is 9.84 Å². The first-order chi connectivity index (χ1) is 8.47. The molecule has 4 heteroatoms. The molecule has 0 unspecified atom stereocenters. The highest BCUT2D eigenvalue weighted by Crippen LogP contribution is 1.99. The summed E-state index contributed by atoms with van der Waals surface area (Å²) < 4.78 is 4.89. The van der Waals surface area contributed by atoms with Crippen molar-refractivity contribution in [3.63, 3.8) is 0 Å². The molecule has 1 N–H and O–H groups in total. The molecular formula is C15H30O4. The molecule has 4 nitrogen and oxygen atoms in total. The van der Waals surface area contributed by atoms with Gasteiger partial charge in [0.15, 0.2) is 0 Å². The monoisotopic (exact) mass is 274 g/mol. The second kappa shape index (κ2) is 13.1. The van der Waals surface area contributed by atoms with Crippen LogP contribution in [0.1, 0.15) is 55.4 Å². The van der Waals surface area contributed by atoms with Gasteiger partial charge in [-0.1, -0.05) is 27.7 Å². The van der Waals surface area contributed by atoms with Gasteiger partial charge in [-0.05, 0) is 33.3 Å². The number of carboxylic acid groups (broad SMARTS) is 1. The first kappa shape index (κ1) is 22.8. The van der Waals surface area contributed by atoms with E-state index < -0.39 is 5.97 Å². The molecule has 0 spiro atoms. The van der Waals surface area contributed by atoms with Crippen molar-refractivity contribution in [2.24, 2.45) is 11.8 Å². The van der Waals surface area contributed by atoms with E-state index in [0.717, 1.165) is 5.76 Å². The molecule has 0 aromatic rings. The lowest BCUT2D eigenvalue weighted by molar-refractivity contribution is -0.140. The number of hydrogen-bond donors (Lipinski definition) is 1. The zero-order valence-corrected chi connectivity index (χ0v) is 13.8. The Morgan fingerprint density at radius 3 is 1.16 bits per heavy atom. The Morgan fingerprint density at radius 2 is 1.16 bits per heavy atom. The van der Waals surface area contributed by atoms with Crippen molar-refractivity contribution in [2.75, 3.05) is 7.11 Å². The molecule has 0 atom stereocenters. The van der Waals surface area contributed by atoms with Gasteiger partial charge in [0.2, 0.25) is 0 Å². The molecule has 0 aromatic carbocycles. The summed E-state index contributed by atoms with van der Waals surface area (Å²) in [5.41, 5.74) is 1.24. The van der Waals surface area contributed by atoms with Gasteiger partial charge in [0, 0.05) is 5.92 Å². The van der Waals surface area contributed by atoms with Crippen molar-refractivity contribution < 1.29 is 19.4 Å². The van der Waals surface area contributed by atoms with Crippen molar-refractivity contribution >= 4 is 11.8 Å². The Labute approximate surface area is 117 Å². The minimum atomic E-state index is -0.741.